The van der Waals surface area contributed by atoms with Crippen LogP contribution in [0.1, 0.15) is 25.4 Å². The van der Waals surface area contributed by atoms with Crippen LogP contribution in [0, 0.1) is 0 Å². The van der Waals surface area contributed by atoms with Gasteiger partial charge in [0.05, 0.1) is 11.7 Å². The molecule has 0 radical (unpaired) electrons. The summed E-state index contributed by atoms with van der Waals surface area (Å²) in [5, 5.41) is 14.7. The number of rotatable bonds is 1. The molecule has 0 spiro atoms. The molecule has 1 unspecified atom stereocenters. The maximum Gasteiger partial charge on any atom is 0.409 e. The number of benzene rings is 1. The minimum absolute atomic E-state index is 0.170. The molecule has 2 aromatic rings. The average molecular weight is 245 g/mol. The first-order valence-corrected chi connectivity index (χ1v) is 6.19. The predicted molar refractivity (Wildman–Crippen MR) is 67.4 cm³/mol. The van der Waals surface area contributed by atoms with Gasteiger partial charge in [0.2, 0.25) is 0 Å². The lowest BCUT2D eigenvalue weighted by Crippen LogP contribution is -2.40. The molecular weight excluding hydrogens is 230 g/mol. The van der Waals surface area contributed by atoms with E-state index in [4.69, 9.17) is 0 Å². The molecule has 5 heteroatoms. The number of hydrogen-bond acceptors (Lipinski definition) is 2. The number of fused-ring (bicyclic) bond motifs is 1. The van der Waals surface area contributed by atoms with E-state index in [1.54, 1.807) is 6.20 Å². The number of amides is 1. The van der Waals surface area contributed by atoms with Crippen LogP contribution in [0.3, 0.4) is 0 Å². The summed E-state index contributed by atoms with van der Waals surface area (Å²) >= 11 is 0. The Labute approximate surface area is 105 Å². The minimum Gasteiger partial charge on any atom is -0.465 e. The van der Waals surface area contributed by atoms with E-state index in [0.717, 1.165) is 30.2 Å². The van der Waals surface area contributed by atoms with E-state index in [1.165, 1.54) is 4.90 Å². The van der Waals surface area contributed by atoms with Crippen LogP contribution in [-0.4, -0.2) is 32.4 Å². The first kappa shape index (κ1) is 11.1. The standard InChI is InChI=1S/C13H15N3O2/c17-13(18)15-8-4-3-7-12(15)16-11-6-2-1-5-10(11)9-14-16/h1-2,5-6,9,12H,3-4,7-8H2,(H,17,18). The fraction of sp³-hybridized carbons (Fsp3) is 0.385. The molecule has 1 aliphatic rings. The summed E-state index contributed by atoms with van der Waals surface area (Å²) in [6, 6.07) is 7.89. The van der Waals surface area contributed by atoms with Gasteiger partial charge in [-0.05, 0) is 25.3 Å². The van der Waals surface area contributed by atoms with Gasteiger partial charge in [-0.25, -0.2) is 9.48 Å². The summed E-state index contributed by atoms with van der Waals surface area (Å²) in [5.41, 5.74) is 0.996. The van der Waals surface area contributed by atoms with Crippen LogP contribution in [0.15, 0.2) is 30.5 Å². The van der Waals surface area contributed by atoms with Crippen molar-refractivity contribution in [1.82, 2.24) is 14.7 Å². The highest BCUT2D eigenvalue weighted by atomic mass is 16.4. The van der Waals surface area contributed by atoms with Crippen molar-refractivity contribution in [1.29, 1.82) is 0 Å². The lowest BCUT2D eigenvalue weighted by molar-refractivity contribution is 0.0755. The van der Waals surface area contributed by atoms with Crippen LogP contribution in [0.4, 0.5) is 4.79 Å². The number of carboxylic acid groups (broad SMARTS) is 1. The fourth-order valence-electron chi connectivity index (χ4n) is 2.62. The van der Waals surface area contributed by atoms with E-state index in [1.807, 2.05) is 28.9 Å². The zero-order chi connectivity index (χ0) is 12.5. The van der Waals surface area contributed by atoms with Gasteiger partial charge in [0.25, 0.3) is 0 Å². The Morgan fingerprint density at radius 2 is 2.17 bits per heavy atom. The van der Waals surface area contributed by atoms with Gasteiger partial charge in [0, 0.05) is 11.9 Å². The lowest BCUT2D eigenvalue weighted by Gasteiger charge is -2.33. The van der Waals surface area contributed by atoms with E-state index in [0.29, 0.717) is 6.54 Å². The third-order valence-corrected chi connectivity index (χ3v) is 3.50. The minimum atomic E-state index is -0.862. The lowest BCUT2D eigenvalue weighted by atomic mass is 10.1. The Morgan fingerprint density at radius 3 is 3.00 bits per heavy atom. The van der Waals surface area contributed by atoms with Crippen molar-refractivity contribution in [2.45, 2.75) is 25.4 Å². The van der Waals surface area contributed by atoms with Gasteiger partial charge in [-0.1, -0.05) is 18.2 Å². The molecule has 5 nitrogen and oxygen atoms in total. The second-order valence-corrected chi connectivity index (χ2v) is 4.60. The van der Waals surface area contributed by atoms with E-state index in [2.05, 4.69) is 5.10 Å². The first-order chi connectivity index (χ1) is 8.77. The Bertz CT molecular complexity index is 578. The predicted octanol–water partition coefficient (Wildman–Crippen LogP) is 2.70. The van der Waals surface area contributed by atoms with Crippen molar-refractivity contribution in [2.75, 3.05) is 6.54 Å². The molecular formula is C13H15N3O2. The number of hydrogen-bond donors (Lipinski definition) is 1. The van der Waals surface area contributed by atoms with Crippen LogP contribution in [-0.2, 0) is 0 Å². The molecule has 2 heterocycles. The fourth-order valence-corrected chi connectivity index (χ4v) is 2.62. The van der Waals surface area contributed by atoms with Crippen LogP contribution < -0.4 is 0 Å². The zero-order valence-corrected chi connectivity index (χ0v) is 9.99. The number of piperidine rings is 1. The average Bonchev–Trinajstić information content (AvgIpc) is 2.82. The molecule has 1 N–H and O–H groups in total. The molecule has 18 heavy (non-hydrogen) atoms. The highest BCUT2D eigenvalue weighted by molar-refractivity contribution is 5.78. The van der Waals surface area contributed by atoms with Gasteiger partial charge in [0.1, 0.15) is 6.17 Å². The highest BCUT2D eigenvalue weighted by Gasteiger charge is 2.28. The Morgan fingerprint density at radius 1 is 1.33 bits per heavy atom. The summed E-state index contributed by atoms with van der Waals surface area (Å²) < 4.78 is 1.84. The molecule has 1 aromatic heterocycles. The normalized spacial score (nSPS) is 20.2. The van der Waals surface area contributed by atoms with Crippen molar-refractivity contribution >= 4 is 17.0 Å². The van der Waals surface area contributed by atoms with Crippen LogP contribution in [0.2, 0.25) is 0 Å². The van der Waals surface area contributed by atoms with Crippen molar-refractivity contribution in [3.8, 4) is 0 Å². The Hall–Kier alpha value is -2.04. The zero-order valence-electron chi connectivity index (χ0n) is 9.99. The van der Waals surface area contributed by atoms with E-state index < -0.39 is 6.09 Å². The topological polar surface area (TPSA) is 58.4 Å². The van der Waals surface area contributed by atoms with Crippen molar-refractivity contribution in [3.05, 3.63) is 30.5 Å². The molecule has 1 amide bonds. The Kier molecular flexibility index (Phi) is 2.66. The van der Waals surface area contributed by atoms with Gasteiger partial charge in [-0.15, -0.1) is 0 Å². The van der Waals surface area contributed by atoms with Gasteiger partial charge < -0.3 is 5.11 Å². The maximum absolute atomic E-state index is 11.3. The number of para-hydroxylation sites is 1. The smallest absolute Gasteiger partial charge is 0.409 e. The summed E-state index contributed by atoms with van der Waals surface area (Å²) in [7, 11) is 0. The molecule has 0 saturated carbocycles. The third-order valence-electron chi connectivity index (χ3n) is 3.50. The molecule has 0 bridgehead atoms. The summed E-state index contributed by atoms with van der Waals surface area (Å²) in [6.45, 7) is 0.591. The molecule has 1 saturated heterocycles. The van der Waals surface area contributed by atoms with Crippen LogP contribution in [0.25, 0.3) is 10.9 Å². The number of carbonyl (C=O) groups is 1. The highest BCUT2D eigenvalue weighted by Crippen LogP contribution is 2.28. The molecule has 3 rings (SSSR count). The van der Waals surface area contributed by atoms with E-state index >= 15 is 0 Å². The van der Waals surface area contributed by atoms with Gasteiger partial charge in [0.15, 0.2) is 0 Å². The third kappa shape index (κ3) is 1.72. The van der Waals surface area contributed by atoms with E-state index in [9.17, 15) is 9.90 Å². The Balaban J connectivity index is 2.04. The van der Waals surface area contributed by atoms with Crippen LogP contribution in [0.5, 0.6) is 0 Å². The van der Waals surface area contributed by atoms with Crippen molar-refractivity contribution < 1.29 is 9.90 Å². The number of likely N-dealkylation sites (tertiary alicyclic amines) is 1. The van der Waals surface area contributed by atoms with Crippen molar-refractivity contribution in [2.24, 2.45) is 0 Å². The second kappa shape index (κ2) is 4.33. The van der Waals surface area contributed by atoms with Crippen LogP contribution >= 0.6 is 0 Å². The number of nitrogens with zero attached hydrogens (tertiary/aromatic N) is 3. The number of aromatic nitrogens is 2. The van der Waals surface area contributed by atoms with E-state index in [-0.39, 0.29) is 6.17 Å². The molecule has 1 fully saturated rings. The summed E-state index contributed by atoms with van der Waals surface area (Å²) in [4.78, 5) is 12.8. The molecule has 1 aliphatic heterocycles. The first-order valence-electron chi connectivity index (χ1n) is 6.19. The molecule has 0 aliphatic carbocycles. The maximum atomic E-state index is 11.3. The molecule has 1 atom stereocenters. The molecule has 94 valence electrons. The monoisotopic (exact) mass is 245 g/mol. The quantitative estimate of drug-likeness (QED) is 0.840. The van der Waals surface area contributed by atoms with Crippen molar-refractivity contribution in [3.63, 3.8) is 0 Å². The van der Waals surface area contributed by atoms with Gasteiger partial charge >= 0.3 is 6.09 Å². The summed E-state index contributed by atoms with van der Waals surface area (Å²) in [6.07, 6.45) is 3.57. The summed E-state index contributed by atoms with van der Waals surface area (Å²) in [5.74, 6) is 0. The van der Waals surface area contributed by atoms with Gasteiger partial charge in [-0.2, -0.15) is 5.10 Å². The largest absolute Gasteiger partial charge is 0.465 e. The van der Waals surface area contributed by atoms with Gasteiger partial charge in [-0.3, -0.25) is 4.90 Å². The second-order valence-electron chi connectivity index (χ2n) is 4.60. The SMILES string of the molecule is O=C(O)N1CCCCC1n1ncc2ccccc21. The molecule has 1 aromatic carbocycles.